The first-order valence-corrected chi connectivity index (χ1v) is 11.3. The number of hydrogen-bond donors (Lipinski definition) is 4. The third-order valence-corrected chi connectivity index (χ3v) is 6.59. The Labute approximate surface area is 177 Å². The largest absolute Gasteiger partial charge is 0.393 e. The van der Waals surface area contributed by atoms with Crippen LogP contribution in [-0.2, 0) is 11.2 Å². The van der Waals surface area contributed by atoms with Crippen molar-refractivity contribution in [2.24, 2.45) is 11.8 Å². The minimum absolute atomic E-state index is 0.0799. The minimum atomic E-state index is -0.603. The highest BCUT2D eigenvalue weighted by Crippen LogP contribution is 2.36. The van der Waals surface area contributed by atoms with E-state index >= 15 is 0 Å². The molecule has 1 aromatic heterocycles. The van der Waals surface area contributed by atoms with Gasteiger partial charge in [-0.25, -0.2) is 0 Å². The highest BCUT2D eigenvalue weighted by molar-refractivity contribution is 7.11. The maximum atomic E-state index is 11.1. The number of allylic oxidation sites excluding steroid dienone is 2. The number of ketones is 1. The van der Waals surface area contributed by atoms with Crippen molar-refractivity contribution in [3.05, 3.63) is 46.2 Å². The van der Waals surface area contributed by atoms with Gasteiger partial charge in [0.1, 0.15) is 6.61 Å². The number of rotatable bonds is 12. The highest BCUT2D eigenvalue weighted by Gasteiger charge is 2.39. The summed E-state index contributed by atoms with van der Waals surface area (Å²) in [7, 11) is 0. The molecule has 6 heteroatoms. The molecule has 1 aromatic rings. The van der Waals surface area contributed by atoms with E-state index in [1.54, 1.807) is 17.4 Å². The van der Waals surface area contributed by atoms with Crippen molar-refractivity contribution < 1.29 is 25.2 Å². The second kappa shape index (κ2) is 12.4. The Bertz CT molecular complexity index is 681. The summed E-state index contributed by atoms with van der Waals surface area (Å²) in [5.74, 6) is -0.404. The first kappa shape index (κ1) is 24.0. The molecule has 0 radical (unpaired) electrons. The summed E-state index contributed by atoms with van der Waals surface area (Å²) in [5, 5.41) is 39.6. The van der Waals surface area contributed by atoms with E-state index in [1.165, 1.54) is 9.75 Å². The van der Waals surface area contributed by atoms with Crippen LogP contribution in [0.4, 0.5) is 0 Å². The molecule has 29 heavy (non-hydrogen) atoms. The third kappa shape index (κ3) is 8.15. The average molecular weight is 423 g/mol. The lowest BCUT2D eigenvalue weighted by atomic mass is 9.89. The Kier molecular flexibility index (Phi) is 10.2. The highest BCUT2D eigenvalue weighted by atomic mass is 32.1. The van der Waals surface area contributed by atoms with Crippen molar-refractivity contribution in [1.29, 1.82) is 0 Å². The normalized spacial score (nSPS) is 26.0. The van der Waals surface area contributed by atoms with E-state index in [-0.39, 0.29) is 17.6 Å². The molecule has 0 saturated heterocycles. The summed E-state index contributed by atoms with van der Waals surface area (Å²) in [6.45, 7) is 1.67. The number of aryl methyl sites for hydroxylation is 2. The second-order valence-corrected chi connectivity index (χ2v) is 9.28. The summed E-state index contributed by atoms with van der Waals surface area (Å²) in [4.78, 5) is 13.6. The van der Waals surface area contributed by atoms with Crippen molar-refractivity contribution in [3.63, 3.8) is 0 Å². The summed E-state index contributed by atoms with van der Waals surface area (Å²) in [6.07, 6.45) is 10.1. The Balaban J connectivity index is 1.80. The summed E-state index contributed by atoms with van der Waals surface area (Å²) in [5.41, 5.74) is 0. The standard InChI is InChI=1S/C23H34O5S/c1-16-8-11-19(29-16)12-9-17(25)10-13-21-20(22(27)14-23(21)28)7-5-3-2-4-6-18(26)15-24/h3,5,8,10-11,13,17,20-25,27-28H,2,4,6-7,9,12,14-15H2,1H3/t17-,20+,21+,22-,23+/m0/s1. The lowest BCUT2D eigenvalue weighted by molar-refractivity contribution is -0.121. The molecule has 0 aliphatic heterocycles. The molecule has 162 valence electrons. The van der Waals surface area contributed by atoms with E-state index in [1.807, 2.05) is 18.2 Å². The van der Waals surface area contributed by atoms with E-state index in [2.05, 4.69) is 19.1 Å². The Morgan fingerprint density at radius 2 is 2.07 bits per heavy atom. The van der Waals surface area contributed by atoms with Gasteiger partial charge in [-0.2, -0.15) is 0 Å². The van der Waals surface area contributed by atoms with E-state index in [0.717, 1.165) is 12.8 Å². The van der Waals surface area contributed by atoms with Crippen LogP contribution in [0, 0.1) is 18.8 Å². The molecule has 1 fully saturated rings. The van der Waals surface area contributed by atoms with Gasteiger partial charge in [-0.3, -0.25) is 4.79 Å². The van der Waals surface area contributed by atoms with Gasteiger partial charge in [0.25, 0.3) is 0 Å². The molecule has 2 rings (SSSR count). The maximum absolute atomic E-state index is 11.1. The van der Waals surface area contributed by atoms with Crippen LogP contribution < -0.4 is 0 Å². The molecule has 0 bridgehead atoms. The Morgan fingerprint density at radius 3 is 2.76 bits per heavy atom. The van der Waals surface area contributed by atoms with Crippen LogP contribution in [0.3, 0.4) is 0 Å². The van der Waals surface area contributed by atoms with Gasteiger partial charge in [0.15, 0.2) is 5.78 Å². The van der Waals surface area contributed by atoms with E-state index in [0.29, 0.717) is 32.1 Å². The predicted octanol–water partition coefficient (Wildman–Crippen LogP) is 2.94. The van der Waals surface area contributed by atoms with Gasteiger partial charge in [-0.15, -0.1) is 11.3 Å². The molecule has 5 nitrogen and oxygen atoms in total. The molecular formula is C23H34O5S. The number of carbonyl (C=O) groups excluding carboxylic acids is 1. The van der Waals surface area contributed by atoms with Crippen molar-refractivity contribution in [2.75, 3.05) is 6.61 Å². The summed E-state index contributed by atoms with van der Waals surface area (Å²) in [6, 6.07) is 4.18. The maximum Gasteiger partial charge on any atom is 0.158 e. The average Bonchev–Trinajstić information content (AvgIpc) is 3.23. The van der Waals surface area contributed by atoms with Gasteiger partial charge >= 0.3 is 0 Å². The van der Waals surface area contributed by atoms with Crippen LogP contribution in [0.25, 0.3) is 0 Å². The quantitative estimate of drug-likeness (QED) is 0.307. The van der Waals surface area contributed by atoms with Gasteiger partial charge in [-0.05, 0) is 57.1 Å². The molecule has 1 aliphatic rings. The lowest BCUT2D eigenvalue weighted by Gasteiger charge is -2.19. The molecule has 0 unspecified atom stereocenters. The van der Waals surface area contributed by atoms with Gasteiger partial charge in [0.05, 0.1) is 18.3 Å². The molecular weight excluding hydrogens is 388 g/mol. The van der Waals surface area contributed by atoms with Crippen LogP contribution in [0.2, 0.25) is 0 Å². The fourth-order valence-electron chi connectivity index (χ4n) is 3.84. The Morgan fingerprint density at radius 1 is 1.28 bits per heavy atom. The molecule has 1 saturated carbocycles. The number of hydrogen-bond acceptors (Lipinski definition) is 6. The van der Waals surface area contributed by atoms with Gasteiger partial charge in [0.2, 0.25) is 0 Å². The Hall–Kier alpha value is -1.31. The van der Waals surface area contributed by atoms with E-state index < -0.39 is 24.9 Å². The molecule has 5 atom stereocenters. The topological polar surface area (TPSA) is 98.0 Å². The van der Waals surface area contributed by atoms with E-state index in [4.69, 9.17) is 5.11 Å². The van der Waals surface area contributed by atoms with E-state index in [9.17, 15) is 20.1 Å². The van der Waals surface area contributed by atoms with Crippen LogP contribution in [0.1, 0.15) is 48.3 Å². The molecule has 0 aromatic carbocycles. The number of aliphatic hydroxyl groups is 4. The number of unbranched alkanes of at least 4 members (excludes halogenated alkanes) is 1. The molecule has 1 heterocycles. The number of aliphatic hydroxyl groups excluding tert-OH is 4. The predicted molar refractivity (Wildman–Crippen MR) is 116 cm³/mol. The van der Waals surface area contributed by atoms with Crippen molar-refractivity contribution in [3.8, 4) is 0 Å². The minimum Gasteiger partial charge on any atom is -0.393 e. The fourth-order valence-corrected chi connectivity index (χ4v) is 4.74. The van der Waals surface area contributed by atoms with Crippen molar-refractivity contribution >= 4 is 17.1 Å². The number of carbonyl (C=O) groups is 1. The van der Waals surface area contributed by atoms with Gasteiger partial charge in [0, 0.05) is 28.5 Å². The number of thiophene rings is 1. The zero-order chi connectivity index (χ0) is 21.2. The zero-order valence-corrected chi connectivity index (χ0v) is 17.9. The van der Waals surface area contributed by atoms with Gasteiger partial charge in [-0.1, -0.05) is 24.3 Å². The molecule has 4 N–H and O–H groups in total. The smallest absolute Gasteiger partial charge is 0.158 e. The zero-order valence-electron chi connectivity index (χ0n) is 17.1. The fraction of sp³-hybridized carbons (Fsp3) is 0.609. The lowest BCUT2D eigenvalue weighted by Crippen LogP contribution is -2.20. The molecule has 0 amide bonds. The van der Waals surface area contributed by atoms with Crippen LogP contribution in [0.5, 0.6) is 0 Å². The summed E-state index contributed by atoms with van der Waals surface area (Å²) >= 11 is 1.74. The molecule has 0 spiro atoms. The molecule has 1 aliphatic carbocycles. The first-order valence-electron chi connectivity index (χ1n) is 10.5. The van der Waals surface area contributed by atoms with Crippen LogP contribution in [0.15, 0.2) is 36.4 Å². The number of Topliss-reactive ketones (excluding diaryl/α,β-unsaturated/α-hetero) is 1. The van der Waals surface area contributed by atoms with Crippen LogP contribution >= 0.6 is 11.3 Å². The monoisotopic (exact) mass is 422 g/mol. The second-order valence-electron chi connectivity index (χ2n) is 7.91. The SMILES string of the molecule is Cc1ccc(CC[C@H](O)C=C[C@@H]2[C@@H](CC=CCCCC(=O)CO)[C@@H](O)C[C@H]2O)s1. The summed E-state index contributed by atoms with van der Waals surface area (Å²) < 4.78 is 0. The van der Waals surface area contributed by atoms with Crippen molar-refractivity contribution in [1.82, 2.24) is 0 Å². The third-order valence-electron chi connectivity index (χ3n) is 5.53. The first-order chi connectivity index (χ1) is 13.9. The van der Waals surface area contributed by atoms with Crippen molar-refractivity contribution in [2.45, 2.75) is 70.2 Å². The van der Waals surface area contributed by atoms with Crippen LogP contribution in [-0.4, -0.2) is 51.1 Å². The van der Waals surface area contributed by atoms with Gasteiger partial charge < -0.3 is 20.4 Å².